The Labute approximate surface area is 83.9 Å². The molecule has 0 spiro atoms. The van der Waals surface area contributed by atoms with Crippen molar-refractivity contribution in [3.05, 3.63) is 23.8 Å². The molecule has 0 saturated carbocycles. The molecule has 1 aliphatic carbocycles. The van der Waals surface area contributed by atoms with Crippen molar-refractivity contribution in [2.45, 2.75) is 45.1 Å². The first-order valence-corrected chi connectivity index (χ1v) is 5.76. The molecule has 1 rings (SSSR count). The van der Waals surface area contributed by atoms with Crippen molar-refractivity contribution in [2.75, 3.05) is 0 Å². The maximum Gasteiger partial charge on any atom is 0.0139 e. The number of hydrogen-bond acceptors (Lipinski definition) is 1. The van der Waals surface area contributed by atoms with Gasteiger partial charge < -0.3 is 0 Å². The lowest BCUT2D eigenvalue weighted by Gasteiger charge is -2.16. The summed E-state index contributed by atoms with van der Waals surface area (Å²) in [7, 11) is 2.63. The molecule has 1 aliphatic rings. The minimum absolute atomic E-state index is 0.629. The minimum Gasteiger partial charge on any atom is -0.297 e. The van der Waals surface area contributed by atoms with Crippen LogP contribution >= 0.6 is 9.39 Å². The zero-order valence-electron chi connectivity index (χ0n) is 8.42. The fourth-order valence-electron chi connectivity index (χ4n) is 1.70. The van der Waals surface area contributed by atoms with Gasteiger partial charge in [-0.3, -0.25) is 5.09 Å². The third kappa shape index (κ3) is 4.06. The largest absolute Gasteiger partial charge is 0.297 e. The van der Waals surface area contributed by atoms with E-state index in [0.717, 1.165) is 0 Å². The monoisotopic (exact) mass is 197 g/mol. The lowest BCUT2D eigenvalue weighted by atomic mass is 9.98. The second-order valence-electron chi connectivity index (χ2n) is 3.62. The van der Waals surface area contributed by atoms with E-state index in [9.17, 15) is 0 Å². The highest BCUT2D eigenvalue weighted by Crippen LogP contribution is 2.17. The summed E-state index contributed by atoms with van der Waals surface area (Å²) in [5.41, 5.74) is 1.50. The van der Waals surface area contributed by atoms with Gasteiger partial charge in [-0.05, 0) is 25.7 Å². The van der Waals surface area contributed by atoms with E-state index < -0.39 is 0 Å². The number of nitrogens with one attached hydrogen (secondary N) is 1. The van der Waals surface area contributed by atoms with E-state index in [1.807, 2.05) is 0 Å². The van der Waals surface area contributed by atoms with Gasteiger partial charge in [0.25, 0.3) is 0 Å². The normalized spacial score (nSPS) is 18.5. The number of rotatable bonds is 5. The molecule has 0 aromatic carbocycles. The van der Waals surface area contributed by atoms with Crippen LogP contribution in [-0.2, 0) is 0 Å². The van der Waals surface area contributed by atoms with Crippen LogP contribution in [-0.4, -0.2) is 6.04 Å². The molecule has 2 atom stereocenters. The van der Waals surface area contributed by atoms with Crippen molar-refractivity contribution in [1.29, 1.82) is 0 Å². The van der Waals surface area contributed by atoms with Gasteiger partial charge in [-0.2, -0.15) is 0 Å². The van der Waals surface area contributed by atoms with E-state index in [1.54, 1.807) is 0 Å². The van der Waals surface area contributed by atoms with Gasteiger partial charge in [0.1, 0.15) is 0 Å². The Morgan fingerprint density at radius 2 is 2.38 bits per heavy atom. The molecule has 0 fully saturated rings. The maximum atomic E-state index is 3.29. The minimum atomic E-state index is 0.629. The van der Waals surface area contributed by atoms with Gasteiger partial charge in [-0.15, -0.1) is 0 Å². The van der Waals surface area contributed by atoms with Gasteiger partial charge in [0.2, 0.25) is 0 Å². The Balaban J connectivity index is 2.36. The topological polar surface area (TPSA) is 12.0 Å². The van der Waals surface area contributed by atoms with Crippen LogP contribution in [0.5, 0.6) is 0 Å². The van der Waals surface area contributed by atoms with Crippen LogP contribution in [0.4, 0.5) is 0 Å². The Kier molecular flexibility index (Phi) is 5.34. The predicted molar refractivity (Wildman–Crippen MR) is 62.6 cm³/mol. The first-order chi connectivity index (χ1) is 6.36. The standard InChI is InChI=1S/C11H20NP/c1-2-6-11(12-13)9-10-7-4-3-5-8-10/h4,7-8,11-12H,2-3,5-6,9,13H2,1H3/t11-/m1/s1. The fourth-order valence-corrected chi connectivity index (χ4v) is 1.98. The highest BCUT2D eigenvalue weighted by molar-refractivity contribution is 7.13. The second-order valence-corrected chi connectivity index (χ2v) is 3.95. The smallest absolute Gasteiger partial charge is 0.0139 e. The van der Waals surface area contributed by atoms with Crippen molar-refractivity contribution in [3.63, 3.8) is 0 Å². The first-order valence-electron chi connectivity index (χ1n) is 5.18. The summed E-state index contributed by atoms with van der Waals surface area (Å²) < 4.78 is 0. The highest BCUT2D eigenvalue weighted by Gasteiger charge is 2.07. The van der Waals surface area contributed by atoms with E-state index >= 15 is 0 Å². The van der Waals surface area contributed by atoms with Crippen LogP contribution in [0.1, 0.15) is 39.0 Å². The quantitative estimate of drug-likeness (QED) is 0.667. The summed E-state index contributed by atoms with van der Waals surface area (Å²) in [6, 6.07) is 0.629. The SMILES string of the molecule is CCC[C@H](CC1=CCCC=C1)NP. The first kappa shape index (κ1) is 10.9. The zero-order chi connectivity index (χ0) is 9.52. The third-order valence-electron chi connectivity index (χ3n) is 2.43. The molecule has 2 heteroatoms. The van der Waals surface area contributed by atoms with Crippen LogP contribution in [0.2, 0.25) is 0 Å². The maximum absolute atomic E-state index is 3.29. The molecule has 0 amide bonds. The summed E-state index contributed by atoms with van der Waals surface area (Å²) in [6.07, 6.45) is 13.0. The summed E-state index contributed by atoms with van der Waals surface area (Å²) in [5.74, 6) is 0. The lowest BCUT2D eigenvalue weighted by Crippen LogP contribution is -2.20. The molecule has 0 radical (unpaired) electrons. The molecule has 1 nitrogen and oxygen atoms in total. The van der Waals surface area contributed by atoms with Gasteiger partial charge in [0.15, 0.2) is 0 Å². The molecule has 0 saturated heterocycles. The van der Waals surface area contributed by atoms with E-state index in [-0.39, 0.29) is 0 Å². The van der Waals surface area contributed by atoms with Crippen molar-refractivity contribution < 1.29 is 0 Å². The number of allylic oxidation sites excluding steroid dienone is 3. The van der Waals surface area contributed by atoms with Gasteiger partial charge in [-0.25, -0.2) is 0 Å². The molecule has 1 N–H and O–H groups in total. The second kappa shape index (κ2) is 6.34. The van der Waals surface area contributed by atoms with Gasteiger partial charge >= 0.3 is 0 Å². The van der Waals surface area contributed by atoms with E-state index in [0.29, 0.717) is 6.04 Å². The van der Waals surface area contributed by atoms with Crippen molar-refractivity contribution in [1.82, 2.24) is 5.09 Å². The summed E-state index contributed by atoms with van der Waals surface area (Å²) in [4.78, 5) is 0. The Morgan fingerprint density at radius 3 is 2.92 bits per heavy atom. The van der Waals surface area contributed by atoms with E-state index in [4.69, 9.17) is 0 Å². The van der Waals surface area contributed by atoms with Crippen molar-refractivity contribution in [2.24, 2.45) is 0 Å². The Morgan fingerprint density at radius 1 is 1.54 bits per heavy atom. The molecule has 74 valence electrons. The predicted octanol–water partition coefficient (Wildman–Crippen LogP) is 3.20. The average Bonchev–Trinajstić information content (AvgIpc) is 2.19. The summed E-state index contributed by atoms with van der Waals surface area (Å²) >= 11 is 0. The van der Waals surface area contributed by atoms with Crippen LogP contribution < -0.4 is 5.09 Å². The third-order valence-corrected chi connectivity index (χ3v) is 2.90. The van der Waals surface area contributed by atoms with Gasteiger partial charge in [0.05, 0.1) is 0 Å². The molecule has 13 heavy (non-hydrogen) atoms. The van der Waals surface area contributed by atoms with Crippen molar-refractivity contribution in [3.8, 4) is 0 Å². The molecule has 0 aromatic heterocycles. The summed E-state index contributed by atoms with van der Waals surface area (Å²) in [5, 5.41) is 3.29. The van der Waals surface area contributed by atoms with Crippen LogP contribution in [0.3, 0.4) is 0 Å². The van der Waals surface area contributed by atoms with Crippen molar-refractivity contribution >= 4 is 9.39 Å². The van der Waals surface area contributed by atoms with Gasteiger partial charge in [-0.1, -0.05) is 46.5 Å². The molecule has 0 aromatic rings. The van der Waals surface area contributed by atoms with Crippen LogP contribution in [0.15, 0.2) is 23.8 Å². The molecular formula is C11H20NP. The van der Waals surface area contributed by atoms with E-state index in [1.165, 1.54) is 37.7 Å². The number of hydrogen-bond donors (Lipinski definition) is 1. The molecular weight excluding hydrogens is 177 g/mol. The zero-order valence-corrected chi connectivity index (χ0v) is 9.58. The molecule has 0 aliphatic heterocycles. The Bertz CT molecular complexity index is 196. The van der Waals surface area contributed by atoms with E-state index in [2.05, 4.69) is 39.6 Å². The molecule has 0 bridgehead atoms. The summed E-state index contributed by atoms with van der Waals surface area (Å²) in [6.45, 7) is 2.24. The highest BCUT2D eigenvalue weighted by atomic mass is 31.0. The average molecular weight is 197 g/mol. The van der Waals surface area contributed by atoms with Crippen LogP contribution in [0, 0.1) is 0 Å². The lowest BCUT2D eigenvalue weighted by molar-refractivity contribution is 0.567. The molecule has 0 heterocycles. The Hall–Kier alpha value is -0.130. The fraction of sp³-hybridized carbons (Fsp3) is 0.636. The van der Waals surface area contributed by atoms with Crippen LogP contribution in [0.25, 0.3) is 0 Å². The molecule has 1 unspecified atom stereocenters. The van der Waals surface area contributed by atoms with Gasteiger partial charge in [0, 0.05) is 6.04 Å².